The van der Waals surface area contributed by atoms with E-state index in [0.29, 0.717) is 12.5 Å². The summed E-state index contributed by atoms with van der Waals surface area (Å²) in [5.74, 6) is 0.488. The van der Waals surface area contributed by atoms with Gasteiger partial charge >= 0.3 is 0 Å². The van der Waals surface area contributed by atoms with Crippen LogP contribution in [0, 0.1) is 5.92 Å². The molecule has 0 saturated heterocycles. The van der Waals surface area contributed by atoms with E-state index in [1.165, 1.54) is 18.3 Å². The van der Waals surface area contributed by atoms with E-state index in [2.05, 4.69) is 9.71 Å². The minimum absolute atomic E-state index is 0.0998. The highest BCUT2D eigenvalue weighted by Gasteiger charge is 2.24. The Kier molecular flexibility index (Phi) is 2.62. The summed E-state index contributed by atoms with van der Waals surface area (Å²) in [4.78, 5) is 13.2. The average Bonchev–Trinajstić information content (AvgIpc) is 2.99. The first kappa shape index (κ1) is 10.4. The molecule has 5 nitrogen and oxygen atoms in total. The van der Waals surface area contributed by atoms with Gasteiger partial charge in [0.15, 0.2) is 0 Å². The summed E-state index contributed by atoms with van der Waals surface area (Å²) in [6.07, 6.45) is 3.39. The fraction of sp³-hybridized carbons (Fsp3) is 0.444. The first-order valence-electron chi connectivity index (χ1n) is 4.76. The molecule has 1 aromatic rings. The van der Waals surface area contributed by atoms with Crippen molar-refractivity contribution < 1.29 is 8.42 Å². The first-order chi connectivity index (χ1) is 7.08. The molecule has 0 amide bonds. The van der Waals surface area contributed by atoms with Crippen LogP contribution in [0.15, 0.2) is 28.0 Å². The van der Waals surface area contributed by atoms with Gasteiger partial charge in [-0.1, -0.05) is 0 Å². The van der Waals surface area contributed by atoms with Gasteiger partial charge in [-0.15, -0.1) is 0 Å². The van der Waals surface area contributed by atoms with E-state index in [1.54, 1.807) is 0 Å². The zero-order valence-electron chi connectivity index (χ0n) is 8.06. The molecule has 0 aromatic carbocycles. The Morgan fingerprint density at radius 3 is 2.67 bits per heavy atom. The van der Waals surface area contributed by atoms with Crippen molar-refractivity contribution in [1.29, 1.82) is 0 Å². The van der Waals surface area contributed by atoms with Gasteiger partial charge in [0, 0.05) is 18.8 Å². The molecule has 0 atom stereocenters. The van der Waals surface area contributed by atoms with Gasteiger partial charge in [0.25, 0.3) is 0 Å². The lowest BCUT2D eigenvalue weighted by Gasteiger charge is -2.04. The maximum absolute atomic E-state index is 11.6. The fourth-order valence-corrected chi connectivity index (χ4v) is 2.28. The fourth-order valence-electron chi connectivity index (χ4n) is 1.20. The summed E-state index contributed by atoms with van der Waals surface area (Å²) < 4.78 is 25.8. The molecular weight excluding hydrogens is 216 g/mol. The van der Waals surface area contributed by atoms with Crippen molar-refractivity contribution in [3.05, 3.63) is 28.7 Å². The van der Waals surface area contributed by atoms with E-state index >= 15 is 0 Å². The lowest BCUT2D eigenvalue weighted by Crippen LogP contribution is -2.26. The third-order valence-electron chi connectivity index (χ3n) is 2.32. The molecule has 0 bridgehead atoms. The van der Waals surface area contributed by atoms with E-state index in [4.69, 9.17) is 0 Å². The van der Waals surface area contributed by atoms with Crippen LogP contribution in [0.5, 0.6) is 0 Å². The van der Waals surface area contributed by atoms with E-state index in [1.807, 2.05) is 0 Å². The van der Waals surface area contributed by atoms with Crippen LogP contribution in [0.2, 0.25) is 0 Å². The molecule has 2 N–H and O–H groups in total. The van der Waals surface area contributed by atoms with Crippen molar-refractivity contribution in [3.8, 4) is 0 Å². The van der Waals surface area contributed by atoms with Crippen LogP contribution in [0.4, 0.5) is 0 Å². The van der Waals surface area contributed by atoms with E-state index in [0.717, 1.165) is 12.8 Å². The van der Waals surface area contributed by atoms with E-state index < -0.39 is 10.0 Å². The Labute approximate surface area is 87.6 Å². The van der Waals surface area contributed by atoms with Crippen molar-refractivity contribution >= 4 is 10.0 Å². The summed E-state index contributed by atoms with van der Waals surface area (Å²) in [5, 5.41) is 0. The van der Waals surface area contributed by atoms with Crippen molar-refractivity contribution in [2.24, 2.45) is 5.92 Å². The Morgan fingerprint density at radius 1 is 1.40 bits per heavy atom. The minimum Gasteiger partial charge on any atom is -0.328 e. The lowest BCUT2D eigenvalue weighted by atomic mass is 10.4. The Morgan fingerprint density at radius 2 is 2.13 bits per heavy atom. The van der Waals surface area contributed by atoms with Gasteiger partial charge in [-0.3, -0.25) is 4.79 Å². The van der Waals surface area contributed by atoms with Crippen molar-refractivity contribution in [3.63, 3.8) is 0 Å². The average molecular weight is 228 g/mol. The topological polar surface area (TPSA) is 79.0 Å². The second-order valence-electron chi connectivity index (χ2n) is 3.68. The van der Waals surface area contributed by atoms with Gasteiger partial charge in [0.05, 0.1) is 4.90 Å². The number of aromatic amines is 1. The molecule has 15 heavy (non-hydrogen) atoms. The number of aromatic nitrogens is 1. The molecule has 1 fully saturated rings. The second-order valence-corrected chi connectivity index (χ2v) is 5.45. The van der Waals surface area contributed by atoms with Crippen molar-refractivity contribution in [1.82, 2.24) is 9.71 Å². The van der Waals surface area contributed by atoms with Crippen molar-refractivity contribution in [2.45, 2.75) is 17.7 Å². The first-order valence-corrected chi connectivity index (χ1v) is 6.25. The standard InChI is InChI=1S/C9H12N2O3S/c12-9-4-3-8(6-10-9)15(13,14)11-5-7-1-2-7/h3-4,6-7,11H,1-2,5H2,(H,10,12). The van der Waals surface area contributed by atoms with Crippen LogP contribution < -0.4 is 10.3 Å². The molecule has 1 aromatic heterocycles. The van der Waals surface area contributed by atoms with Crippen LogP contribution >= 0.6 is 0 Å². The SMILES string of the molecule is O=c1ccc(S(=O)(=O)NCC2CC2)c[nH]1. The highest BCUT2D eigenvalue weighted by atomic mass is 32.2. The number of sulfonamides is 1. The number of H-pyrrole nitrogens is 1. The Bertz CT molecular complexity index is 482. The molecule has 0 radical (unpaired) electrons. The van der Waals surface area contributed by atoms with Crippen LogP contribution in [-0.4, -0.2) is 19.9 Å². The largest absolute Gasteiger partial charge is 0.328 e. The van der Waals surface area contributed by atoms with Crippen LogP contribution in [0.3, 0.4) is 0 Å². The predicted octanol–water partition coefficient (Wildman–Crippen LogP) is 0.0632. The third kappa shape index (κ3) is 2.66. The minimum atomic E-state index is -3.45. The smallest absolute Gasteiger partial charge is 0.247 e. The second kappa shape index (κ2) is 3.79. The molecule has 1 saturated carbocycles. The highest BCUT2D eigenvalue weighted by molar-refractivity contribution is 7.89. The molecular formula is C9H12N2O3S. The van der Waals surface area contributed by atoms with Gasteiger partial charge < -0.3 is 4.98 Å². The molecule has 1 aliphatic carbocycles. The molecule has 0 spiro atoms. The predicted molar refractivity (Wildman–Crippen MR) is 55.0 cm³/mol. The summed E-state index contributed by atoms with van der Waals surface area (Å²) >= 11 is 0. The summed E-state index contributed by atoms with van der Waals surface area (Å²) in [7, 11) is -3.45. The van der Waals surface area contributed by atoms with Gasteiger partial charge in [-0.2, -0.15) is 0 Å². The Balaban J connectivity index is 2.12. The zero-order valence-corrected chi connectivity index (χ0v) is 8.88. The Hall–Kier alpha value is -1.14. The molecule has 0 unspecified atom stereocenters. The lowest BCUT2D eigenvalue weighted by molar-refractivity contribution is 0.577. The number of hydrogen-bond donors (Lipinski definition) is 2. The van der Waals surface area contributed by atoms with E-state index in [9.17, 15) is 13.2 Å². The molecule has 1 heterocycles. The number of nitrogens with one attached hydrogen (secondary N) is 2. The van der Waals surface area contributed by atoms with Crippen LogP contribution in [0.1, 0.15) is 12.8 Å². The monoisotopic (exact) mass is 228 g/mol. The quantitative estimate of drug-likeness (QED) is 0.765. The van der Waals surface area contributed by atoms with Crippen LogP contribution in [0.25, 0.3) is 0 Å². The number of pyridine rings is 1. The molecule has 0 aliphatic heterocycles. The van der Waals surface area contributed by atoms with Crippen LogP contribution in [-0.2, 0) is 10.0 Å². The summed E-state index contributed by atoms with van der Waals surface area (Å²) in [6, 6.07) is 2.50. The number of hydrogen-bond acceptors (Lipinski definition) is 3. The zero-order chi connectivity index (χ0) is 10.9. The molecule has 2 rings (SSSR count). The molecule has 1 aliphatic rings. The van der Waals surface area contributed by atoms with Gasteiger partial charge in [0.1, 0.15) is 0 Å². The maximum Gasteiger partial charge on any atom is 0.247 e. The molecule has 82 valence electrons. The maximum atomic E-state index is 11.6. The van der Waals surface area contributed by atoms with Crippen molar-refractivity contribution in [2.75, 3.05) is 6.54 Å². The summed E-state index contributed by atoms with van der Waals surface area (Å²) in [5.41, 5.74) is -0.309. The highest BCUT2D eigenvalue weighted by Crippen LogP contribution is 2.28. The van der Waals surface area contributed by atoms with Gasteiger partial charge in [0.2, 0.25) is 15.6 Å². The van der Waals surface area contributed by atoms with Gasteiger partial charge in [-0.25, -0.2) is 13.1 Å². The van der Waals surface area contributed by atoms with E-state index in [-0.39, 0.29) is 10.5 Å². The van der Waals surface area contributed by atoms with Gasteiger partial charge in [-0.05, 0) is 24.8 Å². The molecule has 6 heteroatoms. The third-order valence-corrected chi connectivity index (χ3v) is 3.75. The normalized spacial score (nSPS) is 16.5. The number of rotatable bonds is 4. The summed E-state index contributed by atoms with van der Waals surface area (Å²) in [6.45, 7) is 0.488.